The van der Waals surface area contributed by atoms with Crippen LogP contribution in [0.2, 0.25) is 5.02 Å². The number of pyridine rings is 1. The normalized spacial score (nSPS) is 11.3. The average Bonchev–Trinajstić information content (AvgIpc) is 2.66. The van der Waals surface area contributed by atoms with Crippen LogP contribution in [0.25, 0.3) is 0 Å². The zero-order valence-corrected chi connectivity index (χ0v) is 18.0. The Kier molecular flexibility index (Phi) is 6.11. The van der Waals surface area contributed by atoms with Gasteiger partial charge in [-0.1, -0.05) is 44.5 Å². The van der Waals surface area contributed by atoms with Gasteiger partial charge in [-0.05, 0) is 71.8 Å². The molecule has 5 heteroatoms. The van der Waals surface area contributed by atoms with Gasteiger partial charge in [-0.2, -0.15) is 0 Å². The summed E-state index contributed by atoms with van der Waals surface area (Å²) in [7, 11) is 0. The molecule has 0 fully saturated rings. The second-order valence-corrected chi connectivity index (χ2v) is 9.00. The molecule has 3 nitrogen and oxygen atoms in total. The molecule has 28 heavy (non-hydrogen) atoms. The number of ketones is 1. The van der Waals surface area contributed by atoms with Crippen molar-refractivity contribution in [2.75, 3.05) is 4.72 Å². The molecule has 144 valence electrons. The van der Waals surface area contributed by atoms with Crippen molar-refractivity contribution in [3.63, 3.8) is 0 Å². The Hall–Kier alpha value is -2.30. The van der Waals surface area contributed by atoms with Crippen molar-refractivity contribution < 1.29 is 4.79 Å². The highest BCUT2D eigenvalue weighted by Crippen LogP contribution is 2.30. The van der Waals surface area contributed by atoms with Crippen molar-refractivity contribution in [3.8, 4) is 0 Å². The third-order valence-corrected chi connectivity index (χ3v) is 5.56. The van der Waals surface area contributed by atoms with E-state index < -0.39 is 0 Å². The molecule has 3 rings (SSSR count). The maximum atomic E-state index is 13.1. The number of hydrogen-bond acceptors (Lipinski definition) is 4. The SMILES string of the molecule is Cc1cnccc1C(=O)c1cc(Cl)ccc1NSc1ccc(C(C)(C)C)cc1. The second-order valence-electron chi connectivity index (χ2n) is 7.69. The monoisotopic (exact) mass is 410 g/mol. The first kappa shape index (κ1) is 20.4. The summed E-state index contributed by atoms with van der Waals surface area (Å²) in [5.41, 5.74) is 4.14. The van der Waals surface area contributed by atoms with Gasteiger partial charge in [0.05, 0.1) is 5.69 Å². The van der Waals surface area contributed by atoms with Crippen LogP contribution in [0, 0.1) is 6.92 Å². The summed E-state index contributed by atoms with van der Waals surface area (Å²) in [6, 6.07) is 15.5. The van der Waals surface area contributed by atoms with Gasteiger partial charge in [0, 0.05) is 33.4 Å². The van der Waals surface area contributed by atoms with E-state index in [0.29, 0.717) is 16.1 Å². The highest BCUT2D eigenvalue weighted by atomic mass is 35.5. The minimum atomic E-state index is -0.0754. The molecule has 0 aliphatic rings. The fourth-order valence-corrected chi connectivity index (χ4v) is 3.65. The maximum absolute atomic E-state index is 13.1. The van der Waals surface area contributed by atoms with Crippen LogP contribution in [0.3, 0.4) is 0 Å². The number of nitrogens with one attached hydrogen (secondary N) is 1. The highest BCUT2D eigenvalue weighted by Gasteiger charge is 2.17. The Morgan fingerprint density at radius 1 is 1.04 bits per heavy atom. The third-order valence-electron chi connectivity index (χ3n) is 4.49. The van der Waals surface area contributed by atoms with Crippen molar-refractivity contribution in [1.82, 2.24) is 4.98 Å². The summed E-state index contributed by atoms with van der Waals surface area (Å²) in [6.07, 6.45) is 3.32. The molecule has 1 heterocycles. The summed E-state index contributed by atoms with van der Waals surface area (Å²) in [6.45, 7) is 8.46. The van der Waals surface area contributed by atoms with Gasteiger partial charge in [0.1, 0.15) is 0 Å². The third kappa shape index (κ3) is 4.75. The highest BCUT2D eigenvalue weighted by molar-refractivity contribution is 8.00. The lowest BCUT2D eigenvalue weighted by molar-refractivity contribution is 0.103. The van der Waals surface area contributed by atoms with E-state index in [1.165, 1.54) is 17.5 Å². The van der Waals surface area contributed by atoms with Gasteiger partial charge in [-0.15, -0.1) is 0 Å². The molecule has 0 spiro atoms. The van der Waals surface area contributed by atoms with Gasteiger partial charge in [0.15, 0.2) is 5.78 Å². The zero-order valence-electron chi connectivity index (χ0n) is 16.4. The van der Waals surface area contributed by atoms with E-state index in [-0.39, 0.29) is 11.2 Å². The van der Waals surface area contributed by atoms with Crippen molar-refractivity contribution >= 4 is 35.0 Å². The van der Waals surface area contributed by atoms with Crippen LogP contribution in [0.5, 0.6) is 0 Å². The minimum Gasteiger partial charge on any atom is -0.325 e. The number of benzene rings is 2. The van der Waals surface area contributed by atoms with E-state index >= 15 is 0 Å². The van der Waals surface area contributed by atoms with Crippen LogP contribution in [0.1, 0.15) is 47.8 Å². The summed E-state index contributed by atoms with van der Waals surface area (Å²) in [5.74, 6) is -0.0754. The van der Waals surface area contributed by atoms with Crippen molar-refractivity contribution in [2.24, 2.45) is 0 Å². The first-order valence-electron chi connectivity index (χ1n) is 9.04. The average molecular weight is 411 g/mol. The quantitative estimate of drug-likeness (QED) is 0.375. The summed E-state index contributed by atoms with van der Waals surface area (Å²) < 4.78 is 3.31. The van der Waals surface area contributed by atoms with Gasteiger partial charge < -0.3 is 4.72 Å². The smallest absolute Gasteiger partial charge is 0.195 e. The number of carbonyl (C=O) groups is 1. The Bertz CT molecular complexity index is 994. The lowest BCUT2D eigenvalue weighted by Gasteiger charge is -2.19. The predicted octanol–water partition coefficient (Wildman–Crippen LogP) is 6.69. The van der Waals surface area contributed by atoms with E-state index in [0.717, 1.165) is 16.1 Å². The van der Waals surface area contributed by atoms with Crippen molar-refractivity contribution in [3.05, 3.63) is 88.2 Å². The minimum absolute atomic E-state index is 0.0754. The standard InChI is InChI=1S/C23H23ClN2OS/c1-15-14-25-12-11-19(15)22(27)20-13-17(24)7-10-21(20)26-28-18-8-5-16(6-9-18)23(2,3)4/h5-14,26H,1-4H3. The van der Waals surface area contributed by atoms with Crippen LogP contribution in [0.15, 0.2) is 65.8 Å². The molecule has 0 unspecified atom stereocenters. The van der Waals surface area contributed by atoms with Gasteiger partial charge in [-0.25, -0.2) is 0 Å². The van der Waals surface area contributed by atoms with E-state index in [1.54, 1.807) is 30.6 Å². The Morgan fingerprint density at radius 3 is 2.39 bits per heavy atom. The number of carbonyl (C=O) groups excluding carboxylic acids is 1. The van der Waals surface area contributed by atoms with E-state index in [9.17, 15) is 4.79 Å². The summed E-state index contributed by atoms with van der Waals surface area (Å²) in [5, 5.41) is 0.528. The number of nitrogens with zero attached hydrogens (tertiary/aromatic N) is 1. The molecule has 0 atom stereocenters. The first-order chi connectivity index (χ1) is 13.3. The molecular weight excluding hydrogens is 388 g/mol. The lowest BCUT2D eigenvalue weighted by Crippen LogP contribution is -2.10. The molecule has 0 bridgehead atoms. The molecule has 2 aromatic carbocycles. The van der Waals surface area contributed by atoms with Crippen LogP contribution in [-0.2, 0) is 5.41 Å². The van der Waals surface area contributed by atoms with Crippen LogP contribution in [0.4, 0.5) is 5.69 Å². The van der Waals surface area contributed by atoms with Crippen LogP contribution < -0.4 is 4.72 Å². The number of aromatic nitrogens is 1. The zero-order chi connectivity index (χ0) is 20.3. The number of halogens is 1. The van der Waals surface area contributed by atoms with Gasteiger partial charge in [-0.3, -0.25) is 9.78 Å². The van der Waals surface area contributed by atoms with Crippen LogP contribution >= 0.6 is 23.5 Å². The van der Waals surface area contributed by atoms with Crippen LogP contribution in [-0.4, -0.2) is 10.8 Å². The Morgan fingerprint density at radius 2 is 1.75 bits per heavy atom. The van der Waals surface area contributed by atoms with Gasteiger partial charge in [0.25, 0.3) is 0 Å². The van der Waals surface area contributed by atoms with Gasteiger partial charge in [0.2, 0.25) is 0 Å². The van der Waals surface area contributed by atoms with E-state index in [4.69, 9.17) is 11.6 Å². The topological polar surface area (TPSA) is 42.0 Å². The number of aryl methyl sites for hydroxylation is 1. The van der Waals surface area contributed by atoms with E-state index in [2.05, 4.69) is 54.7 Å². The maximum Gasteiger partial charge on any atom is 0.195 e. The molecule has 0 saturated heterocycles. The van der Waals surface area contributed by atoms with Crippen molar-refractivity contribution in [1.29, 1.82) is 0 Å². The first-order valence-corrected chi connectivity index (χ1v) is 10.2. The fraction of sp³-hybridized carbons (Fsp3) is 0.217. The number of hydrogen-bond donors (Lipinski definition) is 1. The van der Waals surface area contributed by atoms with Gasteiger partial charge >= 0.3 is 0 Å². The fourth-order valence-electron chi connectivity index (χ4n) is 2.80. The second kappa shape index (κ2) is 8.38. The molecule has 3 aromatic rings. The summed E-state index contributed by atoms with van der Waals surface area (Å²) >= 11 is 7.64. The lowest BCUT2D eigenvalue weighted by atomic mass is 9.87. The van der Waals surface area contributed by atoms with Crippen molar-refractivity contribution in [2.45, 2.75) is 38.0 Å². The van der Waals surface area contributed by atoms with E-state index in [1.807, 2.05) is 13.0 Å². The Balaban J connectivity index is 1.83. The molecule has 1 N–H and O–H groups in total. The Labute approximate surface area is 175 Å². The molecule has 0 aliphatic heterocycles. The molecule has 0 aliphatic carbocycles. The molecular formula is C23H23ClN2OS. The number of rotatable bonds is 5. The summed E-state index contributed by atoms with van der Waals surface area (Å²) in [4.78, 5) is 18.2. The largest absolute Gasteiger partial charge is 0.325 e. The molecule has 0 saturated carbocycles. The predicted molar refractivity (Wildman–Crippen MR) is 118 cm³/mol. The molecule has 0 radical (unpaired) electrons. The number of anilines is 1. The molecule has 0 amide bonds. The molecule has 1 aromatic heterocycles.